The van der Waals surface area contributed by atoms with Gasteiger partial charge in [-0.15, -0.1) is 12.4 Å². The molecule has 0 atom stereocenters. The SMILES string of the molecule is CN(CCS(C)(=O)=O)C(=O)CCc1ccccc1N.Cl. The smallest absolute Gasteiger partial charge is 0.222 e. The molecule has 0 aliphatic heterocycles. The lowest BCUT2D eigenvalue weighted by atomic mass is 10.1. The van der Waals surface area contributed by atoms with Crippen molar-refractivity contribution in [2.75, 3.05) is 31.3 Å². The molecular formula is C13H21ClN2O3S. The highest BCUT2D eigenvalue weighted by atomic mass is 35.5. The average Bonchev–Trinajstić information content (AvgIpc) is 2.33. The van der Waals surface area contributed by atoms with Gasteiger partial charge in [0.2, 0.25) is 5.91 Å². The summed E-state index contributed by atoms with van der Waals surface area (Å²) in [6.45, 7) is 0.224. The van der Waals surface area contributed by atoms with Crippen molar-refractivity contribution in [3.8, 4) is 0 Å². The van der Waals surface area contributed by atoms with E-state index in [1.807, 2.05) is 18.2 Å². The van der Waals surface area contributed by atoms with Crippen molar-refractivity contribution in [3.63, 3.8) is 0 Å². The van der Waals surface area contributed by atoms with Gasteiger partial charge in [0.1, 0.15) is 9.84 Å². The number of nitrogens with zero attached hydrogens (tertiary/aromatic N) is 1. The maximum absolute atomic E-state index is 11.8. The predicted octanol–water partition coefficient (Wildman–Crippen LogP) is 1.13. The molecule has 1 rings (SSSR count). The molecule has 5 nitrogen and oxygen atoms in total. The summed E-state index contributed by atoms with van der Waals surface area (Å²) < 4.78 is 22.1. The molecule has 7 heteroatoms. The topological polar surface area (TPSA) is 80.5 Å². The highest BCUT2D eigenvalue weighted by Gasteiger charge is 2.12. The monoisotopic (exact) mass is 320 g/mol. The minimum absolute atomic E-state index is 0. The number of hydrogen-bond acceptors (Lipinski definition) is 4. The molecule has 0 radical (unpaired) electrons. The van der Waals surface area contributed by atoms with Gasteiger partial charge in [-0.1, -0.05) is 18.2 Å². The van der Waals surface area contributed by atoms with Gasteiger partial charge in [0.15, 0.2) is 0 Å². The number of sulfone groups is 1. The van der Waals surface area contributed by atoms with Crippen LogP contribution >= 0.6 is 12.4 Å². The first-order valence-electron chi connectivity index (χ1n) is 6.04. The standard InChI is InChI=1S/C13H20N2O3S.ClH/c1-15(9-10-19(2,17)18)13(16)8-7-11-5-3-4-6-12(11)14;/h3-6H,7-10,14H2,1-2H3;1H. The zero-order chi connectivity index (χ0) is 14.5. The van der Waals surface area contributed by atoms with E-state index in [9.17, 15) is 13.2 Å². The average molecular weight is 321 g/mol. The molecular weight excluding hydrogens is 300 g/mol. The summed E-state index contributed by atoms with van der Waals surface area (Å²) >= 11 is 0. The Balaban J connectivity index is 0.00000361. The van der Waals surface area contributed by atoms with Crippen molar-refractivity contribution in [3.05, 3.63) is 29.8 Å². The van der Waals surface area contributed by atoms with Crippen LogP contribution in [-0.2, 0) is 21.1 Å². The van der Waals surface area contributed by atoms with Gasteiger partial charge in [-0.25, -0.2) is 8.42 Å². The second kappa shape index (κ2) is 8.11. The largest absolute Gasteiger partial charge is 0.399 e. The summed E-state index contributed by atoms with van der Waals surface area (Å²) in [6.07, 6.45) is 2.05. The zero-order valence-corrected chi connectivity index (χ0v) is 13.3. The minimum atomic E-state index is -3.04. The summed E-state index contributed by atoms with van der Waals surface area (Å²) in [5, 5.41) is 0. The number of nitrogen functional groups attached to an aromatic ring is 1. The molecule has 114 valence electrons. The molecule has 1 aromatic carbocycles. The quantitative estimate of drug-likeness (QED) is 0.797. The lowest BCUT2D eigenvalue weighted by Crippen LogP contribution is -2.31. The zero-order valence-electron chi connectivity index (χ0n) is 11.7. The molecule has 1 amide bonds. The number of carbonyl (C=O) groups excluding carboxylic acids is 1. The summed E-state index contributed by atoms with van der Waals surface area (Å²) in [7, 11) is -1.43. The van der Waals surface area contributed by atoms with E-state index < -0.39 is 9.84 Å². The molecule has 0 aliphatic carbocycles. The van der Waals surface area contributed by atoms with Gasteiger partial charge < -0.3 is 10.6 Å². The Morgan fingerprint density at radius 3 is 2.45 bits per heavy atom. The van der Waals surface area contributed by atoms with Crippen molar-refractivity contribution in [2.24, 2.45) is 0 Å². The van der Waals surface area contributed by atoms with Gasteiger partial charge in [0.25, 0.3) is 0 Å². The van der Waals surface area contributed by atoms with Crippen LogP contribution in [0.3, 0.4) is 0 Å². The fourth-order valence-electron chi connectivity index (χ4n) is 1.62. The van der Waals surface area contributed by atoms with Crippen LogP contribution in [0.15, 0.2) is 24.3 Å². The van der Waals surface area contributed by atoms with Gasteiger partial charge in [0.05, 0.1) is 5.75 Å². The van der Waals surface area contributed by atoms with Gasteiger partial charge >= 0.3 is 0 Å². The Kier molecular flexibility index (Phi) is 7.60. The number of anilines is 1. The maximum atomic E-state index is 11.8. The molecule has 0 saturated heterocycles. The lowest BCUT2D eigenvalue weighted by Gasteiger charge is -2.16. The number of hydrogen-bond donors (Lipinski definition) is 1. The number of carbonyl (C=O) groups is 1. The van der Waals surface area contributed by atoms with Crippen LogP contribution in [0, 0.1) is 0 Å². The van der Waals surface area contributed by atoms with Crippen LogP contribution in [0.25, 0.3) is 0 Å². The maximum Gasteiger partial charge on any atom is 0.222 e. The number of nitrogens with two attached hydrogens (primary N) is 1. The molecule has 0 saturated carbocycles. The van der Waals surface area contributed by atoms with Crippen molar-refractivity contribution in [1.29, 1.82) is 0 Å². The van der Waals surface area contributed by atoms with E-state index in [4.69, 9.17) is 5.73 Å². The highest BCUT2D eigenvalue weighted by Crippen LogP contribution is 2.13. The predicted molar refractivity (Wildman–Crippen MR) is 83.8 cm³/mol. The fraction of sp³-hybridized carbons (Fsp3) is 0.462. The van der Waals surface area contributed by atoms with Crippen LogP contribution in [0.5, 0.6) is 0 Å². The van der Waals surface area contributed by atoms with E-state index in [1.165, 1.54) is 4.90 Å². The molecule has 0 aromatic heterocycles. The summed E-state index contributed by atoms with van der Waals surface area (Å²) in [4.78, 5) is 13.3. The lowest BCUT2D eigenvalue weighted by molar-refractivity contribution is -0.129. The van der Waals surface area contributed by atoms with E-state index in [-0.39, 0.29) is 30.6 Å². The third kappa shape index (κ3) is 6.77. The Morgan fingerprint density at radius 2 is 1.90 bits per heavy atom. The van der Waals surface area contributed by atoms with Crippen molar-refractivity contribution < 1.29 is 13.2 Å². The van der Waals surface area contributed by atoms with Crippen molar-refractivity contribution in [1.82, 2.24) is 4.90 Å². The van der Waals surface area contributed by atoms with Crippen LogP contribution in [0.4, 0.5) is 5.69 Å². The van der Waals surface area contributed by atoms with Gasteiger partial charge in [-0.05, 0) is 18.1 Å². The number of halogens is 1. The number of rotatable bonds is 6. The van der Waals surface area contributed by atoms with Crippen molar-refractivity contribution >= 4 is 33.8 Å². The minimum Gasteiger partial charge on any atom is -0.399 e. The number of benzene rings is 1. The first kappa shape index (κ1) is 18.7. The summed E-state index contributed by atoms with van der Waals surface area (Å²) in [5.74, 6) is -0.0881. The van der Waals surface area contributed by atoms with Crippen molar-refractivity contribution in [2.45, 2.75) is 12.8 Å². The number of para-hydroxylation sites is 1. The molecule has 0 unspecified atom stereocenters. The van der Waals surface area contributed by atoms with E-state index in [1.54, 1.807) is 13.1 Å². The molecule has 20 heavy (non-hydrogen) atoms. The molecule has 0 aliphatic rings. The first-order valence-corrected chi connectivity index (χ1v) is 8.11. The van der Waals surface area contributed by atoms with Gasteiger partial charge in [-0.3, -0.25) is 4.79 Å². The van der Waals surface area contributed by atoms with E-state index in [0.29, 0.717) is 18.5 Å². The third-order valence-corrected chi connectivity index (χ3v) is 3.81. The summed E-state index contributed by atoms with van der Waals surface area (Å²) in [6, 6.07) is 7.41. The Labute approximate surface area is 126 Å². The molecule has 0 heterocycles. The molecule has 0 fully saturated rings. The molecule has 0 bridgehead atoms. The normalized spacial score (nSPS) is 10.7. The molecule has 2 N–H and O–H groups in total. The Bertz CT molecular complexity index is 546. The number of amides is 1. The third-order valence-electron chi connectivity index (χ3n) is 2.89. The molecule has 1 aromatic rings. The van der Waals surface area contributed by atoms with Crippen LogP contribution in [0.2, 0.25) is 0 Å². The van der Waals surface area contributed by atoms with Crippen LogP contribution in [0.1, 0.15) is 12.0 Å². The summed E-state index contributed by atoms with van der Waals surface area (Å²) in [5.41, 5.74) is 7.41. The van der Waals surface area contributed by atoms with Gasteiger partial charge in [-0.2, -0.15) is 0 Å². The Hall–Kier alpha value is -1.27. The van der Waals surface area contributed by atoms with Crippen LogP contribution in [-0.4, -0.2) is 44.8 Å². The van der Waals surface area contributed by atoms with E-state index >= 15 is 0 Å². The highest BCUT2D eigenvalue weighted by molar-refractivity contribution is 7.90. The second-order valence-electron chi connectivity index (χ2n) is 4.64. The van der Waals surface area contributed by atoms with E-state index in [0.717, 1.165) is 11.8 Å². The second-order valence-corrected chi connectivity index (χ2v) is 6.90. The molecule has 0 spiro atoms. The fourth-order valence-corrected chi connectivity index (χ4v) is 2.23. The van der Waals surface area contributed by atoms with E-state index in [2.05, 4.69) is 0 Å². The van der Waals surface area contributed by atoms with Gasteiger partial charge in [0, 0.05) is 32.0 Å². The Morgan fingerprint density at radius 1 is 1.30 bits per heavy atom. The van der Waals surface area contributed by atoms with Crippen LogP contribution < -0.4 is 5.73 Å². The first-order chi connectivity index (χ1) is 8.79. The number of aryl methyl sites for hydroxylation is 1.